The van der Waals surface area contributed by atoms with Crippen LogP contribution in [-0.2, 0) is 19.6 Å². The molecule has 1 aromatic heterocycles. The van der Waals surface area contributed by atoms with E-state index in [0.717, 1.165) is 41.9 Å². The molecular weight excluding hydrogens is 469 g/mol. The summed E-state index contributed by atoms with van der Waals surface area (Å²) >= 11 is 0. The summed E-state index contributed by atoms with van der Waals surface area (Å²) in [5.41, 5.74) is 1.14. The highest BCUT2D eigenvalue weighted by molar-refractivity contribution is 14.0. The second-order valence-corrected chi connectivity index (χ2v) is 7.12. The van der Waals surface area contributed by atoms with E-state index < -0.39 is 0 Å². The molecular formula is C20H30IN5O2. The van der Waals surface area contributed by atoms with Crippen LogP contribution in [0, 0.1) is 5.92 Å². The highest BCUT2D eigenvalue weighted by Crippen LogP contribution is 2.31. The van der Waals surface area contributed by atoms with Crippen LogP contribution in [0.4, 0.5) is 0 Å². The molecule has 0 bridgehead atoms. The lowest BCUT2D eigenvalue weighted by molar-refractivity contribution is 0.171. The van der Waals surface area contributed by atoms with E-state index in [4.69, 9.17) is 9.47 Å². The Morgan fingerprint density at radius 2 is 2.04 bits per heavy atom. The van der Waals surface area contributed by atoms with Crippen LogP contribution in [0.5, 0.6) is 11.5 Å². The van der Waals surface area contributed by atoms with Crippen molar-refractivity contribution in [2.75, 3.05) is 27.3 Å². The van der Waals surface area contributed by atoms with Gasteiger partial charge in [-0.2, -0.15) is 0 Å². The van der Waals surface area contributed by atoms with Crippen LogP contribution >= 0.6 is 24.0 Å². The maximum atomic E-state index is 5.67. The van der Waals surface area contributed by atoms with E-state index in [-0.39, 0.29) is 24.0 Å². The zero-order valence-corrected chi connectivity index (χ0v) is 19.3. The Balaban J connectivity index is 0.00000280. The average molecular weight is 499 g/mol. The fraction of sp³-hybridized carbons (Fsp3) is 0.500. The summed E-state index contributed by atoms with van der Waals surface area (Å²) in [5, 5.41) is 3.40. The Hall–Kier alpha value is -1.97. The van der Waals surface area contributed by atoms with Crippen LogP contribution in [0.2, 0.25) is 0 Å². The van der Waals surface area contributed by atoms with Gasteiger partial charge in [0.25, 0.3) is 0 Å². The number of nitrogens with zero attached hydrogens (tertiary/aromatic N) is 4. The lowest BCUT2D eigenvalue weighted by Gasteiger charge is -2.24. The zero-order chi connectivity index (χ0) is 19.2. The Morgan fingerprint density at radius 1 is 1.29 bits per heavy atom. The fourth-order valence-electron chi connectivity index (χ4n) is 3.14. The molecule has 7 nitrogen and oxygen atoms in total. The topological polar surface area (TPSA) is 63.9 Å². The smallest absolute Gasteiger partial charge is 0.194 e. The number of halogens is 1. The molecule has 2 heterocycles. The van der Waals surface area contributed by atoms with E-state index in [2.05, 4.69) is 44.7 Å². The van der Waals surface area contributed by atoms with Crippen LogP contribution < -0.4 is 14.8 Å². The molecule has 0 fully saturated rings. The molecule has 1 N–H and O–H groups in total. The molecule has 0 amide bonds. The number of ether oxygens (including phenoxy) is 2. The zero-order valence-electron chi connectivity index (χ0n) is 17.0. The van der Waals surface area contributed by atoms with Gasteiger partial charge in [-0.05, 0) is 23.6 Å². The summed E-state index contributed by atoms with van der Waals surface area (Å²) in [6.07, 6.45) is 3.87. The fourth-order valence-corrected chi connectivity index (χ4v) is 3.14. The first-order valence-corrected chi connectivity index (χ1v) is 9.37. The van der Waals surface area contributed by atoms with E-state index in [1.165, 1.54) is 0 Å². The van der Waals surface area contributed by atoms with Crippen LogP contribution in [0.1, 0.15) is 25.2 Å². The minimum Gasteiger partial charge on any atom is -0.486 e. The number of rotatable bonds is 6. The third-order valence-electron chi connectivity index (χ3n) is 4.37. The Kier molecular flexibility index (Phi) is 8.40. The molecule has 0 saturated carbocycles. The number of hydrogen-bond acceptors (Lipinski definition) is 4. The van der Waals surface area contributed by atoms with Gasteiger partial charge in [-0.25, -0.2) is 4.98 Å². The number of aromatic nitrogens is 2. The molecule has 8 heteroatoms. The highest BCUT2D eigenvalue weighted by Gasteiger charge is 2.14. The monoisotopic (exact) mass is 499 g/mol. The summed E-state index contributed by atoms with van der Waals surface area (Å²) in [4.78, 5) is 10.9. The maximum Gasteiger partial charge on any atom is 0.194 e. The molecule has 0 aliphatic carbocycles. The predicted molar refractivity (Wildman–Crippen MR) is 122 cm³/mol. The van der Waals surface area contributed by atoms with Gasteiger partial charge < -0.3 is 24.3 Å². The SMILES string of the molecule is CN=C(NCc1nccn1CC(C)C)N(C)Cc1ccc2c(c1)OCCO2.I. The minimum atomic E-state index is 0. The first-order valence-electron chi connectivity index (χ1n) is 9.37. The van der Waals surface area contributed by atoms with Crippen molar-refractivity contribution in [3.05, 3.63) is 42.0 Å². The molecule has 28 heavy (non-hydrogen) atoms. The molecule has 1 aliphatic heterocycles. The van der Waals surface area contributed by atoms with Crippen molar-refractivity contribution < 1.29 is 9.47 Å². The molecule has 0 radical (unpaired) electrons. The quantitative estimate of drug-likeness (QED) is 0.376. The van der Waals surface area contributed by atoms with Crippen molar-refractivity contribution in [3.8, 4) is 11.5 Å². The Labute approximate surface area is 184 Å². The van der Waals surface area contributed by atoms with Crippen LogP contribution in [0.15, 0.2) is 35.6 Å². The first-order chi connectivity index (χ1) is 13.1. The molecule has 0 saturated heterocycles. The van der Waals surface area contributed by atoms with Crippen LogP contribution in [-0.4, -0.2) is 47.7 Å². The van der Waals surface area contributed by atoms with Gasteiger partial charge in [-0.15, -0.1) is 24.0 Å². The predicted octanol–water partition coefficient (Wildman–Crippen LogP) is 3.14. The van der Waals surface area contributed by atoms with Gasteiger partial charge in [0.05, 0.1) is 6.54 Å². The van der Waals surface area contributed by atoms with Crippen LogP contribution in [0.25, 0.3) is 0 Å². The van der Waals surface area contributed by atoms with Crippen molar-refractivity contribution in [3.63, 3.8) is 0 Å². The molecule has 154 valence electrons. The van der Waals surface area contributed by atoms with Gasteiger partial charge in [-0.3, -0.25) is 4.99 Å². The van der Waals surface area contributed by atoms with E-state index in [9.17, 15) is 0 Å². The standard InChI is InChI=1S/C20H29N5O2.HI/c1-15(2)13-25-8-7-22-19(25)12-23-20(21-3)24(4)14-16-5-6-17-18(11-16)27-10-9-26-17;/h5-8,11,15H,9-10,12-14H2,1-4H3,(H,21,23);1H. The van der Waals surface area contributed by atoms with Crippen molar-refractivity contribution >= 4 is 29.9 Å². The van der Waals surface area contributed by atoms with Gasteiger partial charge in [0.1, 0.15) is 19.0 Å². The number of fused-ring (bicyclic) bond motifs is 1. The minimum absolute atomic E-state index is 0. The summed E-state index contributed by atoms with van der Waals surface area (Å²) in [7, 11) is 3.82. The van der Waals surface area contributed by atoms with Crippen LogP contribution in [0.3, 0.4) is 0 Å². The number of nitrogens with one attached hydrogen (secondary N) is 1. The van der Waals surface area contributed by atoms with E-state index in [1.54, 1.807) is 7.05 Å². The van der Waals surface area contributed by atoms with Gasteiger partial charge in [0.2, 0.25) is 0 Å². The van der Waals surface area contributed by atoms with Crippen molar-refractivity contribution in [1.29, 1.82) is 0 Å². The van der Waals surface area contributed by atoms with E-state index in [1.807, 2.05) is 31.6 Å². The van der Waals surface area contributed by atoms with Gasteiger partial charge in [0.15, 0.2) is 17.5 Å². The number of hydrogen-bond donors (Lipinski definition) is 1. The highest BCUT2D eigenvalue weighted by atomic mass is 127. The molecule has 2 aromatic rings. The maximum absolute atomic E-state index is 5.67. The Morgan fingerprint density at radius 3 is 2.75 bits per heavy atom. The van der Waals surface area contributed by atoms with E-state index >= 15 is 0 Å². The number of guanidine groups is 1. The lowest BCUT2D eigenvalue weighted by atomic mass is 10.2. The number of imidazole rings is 1. The van der Waals surface area contributed by atoms with Crippen molar-refractivity contribution in [1.82, 2.24) is 19.8 Å². The van der Waals surface area contributed by atoms with Gasteiger partial charge in [0, 0.05) is 39.6 Å². The summed E-state index contributed by atoms with van der Waals surface area (Å²) in [5.74, 6) is 4.04. The summed E-state index contributed by atoms with van der Waals surface area (Å²) < 4.78 is 13.4. The van der Waals surface area contributed by atoms with E-state index in [0.29, 0.717) is 25.7 Å². The number of benzene rings is 1. The third-order valence-corrected chi connectivity index (χ3v) is 4.37. The molecule has 3 rings (SSSR count). The van der Waals surface area contributed by atoms with Crippen molar-refractivity contribution in [2.24, 2.45) is 10.9 Å². The molecule has 1 aliphatic rings. The second kappa shape index (κ2) is 10.5. The first kappa shape index (κ1) is 22.3. The van der Waals surface area contributed by atoms with Gasteiger partial charge >= 0.3 is 0 Å². The normalized spacial score (nSPS) is 13.2. The Bertz CT molecular complexity index is 791. The van der Waals surface area contributed by atoms with Gasteiger partial charge in [-0.1, -0.05) is 19.9 Å². The summed E-state index contributed by atoms with van der Waals surface area (Å²) in [6.45, 7) is 7.93. The molecule has 0 spiro atoms. The molecule has 0 atom stereocenters. The number of aliphatic imine (C=N–C) groups is 1. The van der Waals surface area contributed by atoms with Crippen molar-refractivity contribution in [2.45, 2.75) is 33.5 Å². The molecule has 1 aromatic carbocycles. The third kappa shape index (κ3) is 5.76. The second-order valence-electron chi connectivity index (χ2n) is 7.12. The average Bonchev–Trinajstić information content (AvgIpc) is 3.08. The largest absolute Gasteiger partial charge is 0.486 e. The summed E-state index contributed by atoms with van der Waals surface area (Å²) in [6, 6.07) is 6.07. The lowest BCUT2D eigenvalue weighted by Crippen LogP contribution is -2.38. The molecule has 0 unspecified atom stereocenters.